The van der Waals surface area contributed by atoms with E-state index >= 15 is 0 Å². The van der Waals surface area contributed by atoms with Crippen LogP contribution < -0.4 is 16.8 Å². The molecular formula is C16H11N9OS2. The van der Waals surface area contributed by atoms with Crippen molar-refractivity contribution >= 4 is 61.2 Å². The lowest BCUT2D eigenvalue weighted by Crippen LogP contribution is -2.11. The Balaban J connectivity index is 1.52. The number of rotatable bonds is 3. The molecule has 28 heavy (non-hydrogen) atoms. The number of aromatic nitrogens is 6. The third kappa shape index (κ3) is 2.62. The van der Waals surface area contributed by atoms with Gasteiger partial charge in [0.05, 0.1) is 16.0 Å². The van der Waals surface area contributed by atoms with Crippen LogP contribution in [0, 0.1) is 0 Å². The number of thiophene rings is 1. The smallest absolute Gasteiger partial charge is 0.257 e. The number of carbonyl (C=O) groups is 1. The number of carbonyl (C=O) groups excluding carboxylic acids is 1. The van der Waals surface area contributed by atoms with Gasteiger partial charge in [-0.3, -0.25) is 10.1 Å². The van der Waals surface area contributed by atoms with Crippen molar-refractivity contribution in [2.75, 3.05) is 16.8 Å². The zero-order chi connectivity index (χ0) is 19.3. The molecule has 10 nitrogen and oxygen atoms in total. The number of amides is 1. The average molecular weight is 409 g/mol. The van der Waals surface area contributed by atoms with E-state index in [-0.39, 0.29) is 11.9 Å². The van der Waals surface area contributed by atoms with Gasteiger partial charge in [0, 0.05) is 5.56 Å². The number of nitrogens with two attached hydrogens (primary N) is 2. The highest BCUT2D eigenvalue weighted by Crippen LogP contribution is 2.42. The van der Waals surface area contributed by atoms with E-state index in [4.69, 9.17) is 11.5 Å². The molecule has 0 unspecified atom stereocenters. The van der Waals surface area contributed by atoms with E-state index in [0.29, 0.717) is 42.1 Å². The third-order valence-electron chi connectivity index (χ3n) is 3.96. The van der Waals surface area contributed by atoms with Gasteiger partial charge in [-0.1, -0.05) is 29.5 Å². The SMILES string of the molecule is Nc1nc2c3c(N)c(-c4nnc(NC(=O)c5ccccc5)s4)sc3ncn2n1. The summed E-state index contributed by atoms with van der Waals surface area (Å²) in [6.07, 6.45) is 1.53. The van der Waals surface area contributed by atoms with E-state index in [0.717, 1.165) is 0 Å². The minimum atomic E-state index is -0.255. The topological polar surface area (TPSA) is 150 Å². The Labute approximate surface area is 164 Å². The first-order chi connectivity index (χ1) is 13.6. The Morgan fingerprint density at radius 3 is 2.75 bits per heavy atom. The van der Waals surface area contributed by atoms with Crippen LogP contribution in [0.5, 0.6) is 0 Å². The fourth-order valence-corrected chi connectivity index (χ4v) is 4.60. The Kier molecular flexibility index (Phi) is 3.67. The van der Waals surface area contributed by atoms with Gasteiger partial charge in [-0.25, -0.2) is 4.98 Å². The molecule has 0 bridgehead atoms. The van der Waals surface area contributed by atoms with Gasteiger partial charge in [0.2, 0.25) is 11.1 Å². The van der Waals surface area contributed by atoms with Crippen LogP contribution in [0.1, 0.15) is 10.4 Å². The standard InChI is InChI=1S/C16H11N9OS2/c17-9-8-11-20-15(18)24-25(11)6-19-13(8)27-10(9)14-22-23-16(28-14)21-12(26)7-4-2-1-3-5-7/h1-6H,17H2,(H2,18,24)(H,21,23,26). The average Bonchev–Trinajstić information content (AvgIpc) is 3.39. The summed E-state index contributed by atoms with van der Waals surface area (Å²) < 4.78 is 1.48. The van der Waals surface area contributed by atoms with Crippen molar-refractivity contribution in [1.29, 1.82) is 0 Å². The second kappa shape index (κ2) is 6.21. The molecule has 0 saturated heterocycles. The van der Waals surface area contributed by atoms with Crippen LogP contribution in [0.15, 0.2) is 36.7 Å². The molecular weight excluding hydrogens is 398 g/mol. The first-order valence-electron chi connectivity index (χ1n) is 7.99. The normalized spacial score (nSPS) is 11.3. The summed E-state index contributed by atoms with van der Waals surface area (Å²) in [6.45, 7) is 0. The summed E-state index contributed by atoms with van der Waals surface area (Å²) in [6, 6.07) is 8.88. The maximum absolute atomic E-state index is 12.3. The van der Waals surface area contributed by atoms with Crippen LogP contribution in [0.2, 0.25) is 0 Å². The fraction of sp³-hybridized carbons (Fsp3) is 0. The number of hydrogen-bond acceptors (Lipinski definition) is 10. The van der Waals surface area contributed by atoms with Crippen molar-refractivity contribution in [2.45, 2.75) is 0 Å². The lowest BCUT2D eigenvalue weighted by Gasteiger charge is -1.99. The van der Waals surface area contributed by atoms with Gasteiger partial charge in [-0.2, -0.15) is 9.50 Å². The number of hydrogen-bond donors (Lipinski definition) is 3. The number of nitrogens with one attached hydrogen (secondary N) is 1. The van der Waals surface area contributed by atoms with Crippen LogP contribution in [-0.2, 0) is 0 Å². The fourth-order valence-electron chi connectivity index (χ4n) is 2.72. The molecule has 0 spiro atoms. The third-order valence-corrected chi connectivity index (χ3v) is 6.06. The van der Waals surface area contributed by atoms with E-state index in [1.807, 2.05) is 6.07 Å². The van der Waals surface area contributed by atoms with E-state index in [1.54, 1.807) is 24.3 Å². The predicted octanol–water partition coefficient (Wildman–Crippen LogP) is 2.27. The monoisotopic (exact) mass is 409 g/mol. The zero-order valence-electron chi connectivity index (χ0n) is 14.0. The molecule has 4 heterocycles. The molecule has 4 aromatic heterocycles. The molecule has 0 saturated carbocycles. The van der Waals surface area contributed by atoms with Gasteiger partial charge in [0.15, 0.2) is 10.7 Å². The highest BCUT2D eigenvalue weighted by Gasteiger charge is 2.20. The van der Waals surface area contributed by atoms with Crippen LogP contribution >= 0.6 is 22.7 Å². The van der Waals surface area contributed by atoms with Crippen molar-refractivity contribution in [2.24, 2.45) is 0 Å². The number of fused-ring (bicyclic) bond motifs is 3. The van der Waals surface area contributed by atoms with Crippen LogP contribution in [0.4, 0.5) is 16.8 Å². The lowest BCUT2D eigenvalue weighted by molar-refractivity contribution is 0.102. The molecule has 0 aliphatic rings. The minimum absolute atomic E-state index is 0.142. The van der Waals surface area contributed by atoms with Crippen LogP contribution in [-0.4, -0.2) is 35.7 Å². The summed E-state index contributed by atoms with van der Waals surface area (Å²) in [5, 5.41) is 16.6. The molecule has 0 radical (unpaired) electrons. The molecule has 0 aliphatic heterocycles. The second-order valence-corrected chi connectivity index (χ2v) is 7.72. The van der Waals surface area contributed by atoms with Crippen molar-refractivity contribution in [3.8, 4) is 9.88 Å². The lowest BCUT2D eigenvalue weighted by atomic mass is 10.2. The molecule has 12 heteroatoms. The highest BCUT2D eigenvalue weighted by atomic mass is 32.1. The molecule has 5 rings (SSSR count). The van der Waals surface area contributed by atoms with Gasteiger partial charge in [0.1, 0.15) is 11.2 Å². The van der Waals surface area contributed by atoms with Gasteiger partial charge < -0.3 is 11.5 Å². The number of nitrogen functional groups attached to an aromatic ring is 2. The van der Waals surface area contributed by atoms with E-state index in [9.17, 15) is 4.79 Å². The van der Waals surface area contributed by atoms with Gasteiger partial charge >= 0.3 is 0 Å². The summed E-state index contributed by atoms with van der Waals surface area (Å²) in [5.41, 5.74) is 13.6. The Morgan fingerprint density at radius 1 is 1.11 bits per heavy atom. The second-order valence-electron chi connectivity index (χ2n) is 5.74. The maximum Gasteiger partial charge on any atom is 0.257 e. The van der Waals surface area contributed by atoms with Crippen molar-refractivity contribution in [3.63, 3.8) is 0 Å². The van der Waals surface area contributed by atoms with E-state index < -0.39 is 0 Å². The highest BCUT2D eigenvalue weighted by molar-refractivity contribution is 7.27. The summed E-state index contributed by atoms with van der Waals surface area (Å²) in [7, 11) is 0. The first kappa shape index (κ1) is 16.5. The predicted molar refractivity (Wildman–Crippen MR) is 108 cm³/mol. The zero-order valence-corrected chi connectivity index (χ0v) is 15.7. The first-order valence-corrected chi connectivity index (χ1v) is 9.62. The van der Waals surface area contributed by atoms with Crippen molar-refractivity contribution < 1.29 is 4.79 Å². The van der Waals surface area contributed by atoms with Crippen LogP contribution in [0.3, 0.4) is 0 Å². The molecule has 1 amide bonds. The molecule has 0 aliphatic carbocycles. The minimum Gasteiger partial charge on any atom is -0.397 e. The maximum atomic E-state index is 12.3. The summed E-state index contributed by atoms with van der Waals surface area (Å²) in [4.78, 5) is 22.2. The number of nitrogens with zero attached hydrogens (tertiary/aromatic N) is 6. The van der Waals surface area contributed by atoms with Crippen molar-refractivity contribution in [3.05, 3.63) is 42.2 Å². The Bertz CT molecular complexity index is 1340. The molecule has 1 aromatic carbocycles. The van der Waals surface area contributed by atoms with Crippen LogP contribution in [0.25, 0.3) is 25.7 Å². The molecule has 5 N–H and O–H groups in total. The van der Waals surface area contributed by atoms with Gasteiger partial charge in [-0.05, 0) is 12.1 Å². The Morgan fingerprint density at radius 2 is 1.93 bits per heavy atom. The Hall–Kier alpha value is -3.64. The van der Waals surface area contributed by atoms with E-state index in [2.05, 4.69) is 30.6 Å². The molecule has 138 valence electrons. The van der Waals surface area contributed by atoms with E-state index in [1.165, 1.54) is 33.5 Å². The number of anilines is 3. The van der Waals surface area contributed by atoms with Gasteiger partial charge in [-0.15, -0.1) is 26.6 Å². The molecule has 0 fully saturated rings. The summed E-state index contributed by atoms with van der Waals surface area (Å²) >= 11 is 2.60. The largest absolute Gasteiger partial charge is 0.397 e. The van der Waals surface area contributed by atoms with Crippen molar-refractivity contribution in [1.82, 2.24) is 29.8 Å². The molecule has 5 aromatic rings. The summed E-state index contributed by atoms with van der Waals surface area (Å²) in [5.74, 6) is -0.113. The van der Waals surface area contributed by atoms with Gasteiger partial charge in [0.25, 0.3) is 5.91 Å². The number of benzene rings is 1. The molecule has 0 atom stereocenters. The quantitative estimate of drug-likeness (QED) is 0.411.